The Morgan fingerprint density at radius 2 is 1.51 bits per heavy atom. The van der Waals surface area contributed by atoms with Crippen LogP contribution in [-0.2, 0) is 19.1 Å². The molecule has 0 aromatic carbocycles. The summed E-state index contributed by atoms with van der Waals surface area (Å²) in [5, 5.41) is 74.4. The summed E-state index contributed by atoms with van der Waals surface area (Å²) in [6, 6.07) is 0. The largest absolute Gasteiger partial charge is 0.481 e. The Kier molecular flexibility index (Phi) is 8.40. The van der Waals surface area contributed by atoms with E-state index < -0.39 is 83.6 Å². The number of carboxylic acids is 2. The molecule has 0 aromatic heterocycles. The van der Waals surface area contributed by atoms with Crippen LogP contribution in [0.5, 0.6) is 0 Å². The fraction of sp³-hybridized carbons (Fsp3) is 0.889. The normalized spacial score (nSPS) is 53.8. The lowest BCUT2D eigenvalue weighted by Gasteiger charge is -2.71. The summed E-state index contributed by atoms with van der Waals surface area (Å²) < 4.78 is 11.7. The molecule has 5 fully saturated rings. The van der Waals surface area contributed by atoms with Gasteiger partial charge in [0.05, 0.1) is 23.5 Å². The molecule has 0 spiro atoms. The highest BCUT2D eigenvalue weighted by molar-refractivity contribution is 5.77. The molecule has 266 valence electrons. The molecule has 0 radical (unpaired) electrons. The van der Waals surface area contributed by atoms with Crippen LogP contribution >= 0.6 is 0 Å². The third kappa shape index (κ3) is 4.69. The minimum atomic E-state index is -1.73. The van der Waals surface area contributed by atoms with Crippen LogP contribution < -0.4 is 0 Å². The standard InChI is InChI=1S/C36H56O11/c1-31(2)11-13-36(30(44)45)14-12-33(4)18(19(36)15-31)7-8-22-32(3)16-20(38)27(35(6,29(42)43)23(32)9-10-34(22,33)5)47-28-26(41)25(40)24(39)21(17-37)46-28/h7,19-28,37-41H,8-17H2,1-6H3,(H,42,43)(H,44,45)/t19-,20+,21-,22-,23-,24-,25+,26-,27+,28+,32-,33-,34-,35+,36+/m1/s1. The van der Waals surface area contributed by atoms with E-state index in [4.69, 9.17) is 9.47 Å². The minimum Gasteiger partial charge on any atom is -0.481 e. The van der Waals surface area contributed by atoms with Crippen molar-refractivity contribution in [1.82, 2.24) is 0 Å². The highest BCUT2D eigenvalue weighted by atomic mass is 16.7. The summed E-state index contributed by atoms with van der Waals surface area (Å²) in [6.45, 7) is 12.1. The highest BCUT2D eigenvalue weighted by Crippen LogP contribution is 2.76. The Balaban J connectivity index is 1.36. The molecule has 1 aliphatic heterocycles. The van der Waals surface area contributed by atoms with Crippen molar-refractivity contribution in [2.75, 3.05) is 6.61 Å². The van der Waals surface area contributed by atoms with E-state index in [1.807, 2.05) is 0 Å². The molecule has 6 rings (SSSR count). The first kappa shape index (κ1) is 35.2. The Hall–Kier alpha value is -1.60. The number of carbonyl (C=O) groups is 2. The van der Waals surface area contributed by atoms with Crippen LogP contribution in [0.15, 0.2) is 11.6 Å². The van der Waals surface area contributed by atoms with E-state index in [0.717, 1.165) is 25.7 Å². The first-order valence-electron chi connectivity index (χ1n) is 17.5. The molecule has 0 bridgehead atoms. The topological polar surface area (TPSA) is 194 Å². The summed E-state index contributed by atoms with van der Waals surface area (Å²) in [4.78, 5) is 26.3. The van der Waals surface area contributed by atoms with E-state index in [9.17, 15) is 45.3 Å². The second kappa shape index (κ2) is 11.2. The van der Waals surface area contributed by atoms with Crippen molar-refractivity contribution >= 4 is 11.9 Å². The lowest BCUT2D eigenvalue weighted by molar-refractivity contribution is -0.340. The molecular weight excluding hydrogens is 608 g/mol. The van der Waals surface area contributed by atoms with Crippen molar-refractivity contribution in [2.45, 2.75) is 142 Å². The van der Waals surface area contributed by atoms with Crippen molar-refractivity contribution in [3.05, 3.63) is 11.6 Å². The molecule has 11 nitrogen and oxygen atoms in total. The molecule has 5 aliphatic carbocycles. The molecule has 15 atom stereocenters. The van der Waals surface area contributed by atoms with Crippen LogP contribution in [0.4, 0.5) is 0 Å². The lowest BCUT2D eigenvalue weighted by atomic mass is 9.33. The minimum absolute atomic E-state index is 0.0120. The average molecular weight is 665 g/mol. The third-order valence-corrected chi connectivity index (χ3v) is 15.2. The molecule has 1 saturated heterocycles. The maximum absolute atomic E-state index is 13.3. The van der Waals surface area contributed by atoms with Gasteiger partial charge in [0.25, 0.3) is 0 Å². The van der Waals surface area contributed by atoms with Crippen molar-refractivity contribution in [3.63, 3.8) is 0 Å². The lowest BCUT2D eigenvalue weighted by Crippen LogP contribution is -2.70. The number of aliphatic hydroxyl groups excluding tert-OH is 5. The van der Waals surface area contributed by atoms with Crippen LogP contribution in [0.1, 0.15) is 99.3 Å². The van der Waals surface area contributed by atoms with Crippen LogP contribution in [0.2, 0.25) is 0 Å². The fourth-order valence-corrected chi connectivity index (χ4v) is 12.2. The average Bonchev–Trinajstić information content (AvgIpc) is 2.98. The number of hydrogen-bond acceptors (Lipinski definition) is 9. The van der Waals surface area contributed by atoms with Gasteiger partial charge in [-0.1, -0.05) is 46.3 Å². The zero-order valence-corrected chi connectivity index (χ0v) is 28.7. The van der Waals surface area contributed by atoms with Gasteiger partial charge in [-0.3, -0.25) is 9.59 Å². The number of carboxylic acid groups (broad SMARTS) is 2. The quantitative estimate of drug-likeness (QED) is 0.169. The molecular formula is C36H56O11. The number of hydrogen-bond donors (Lipinski definition) is 7. The van der Waals surface area contributed by atoms with Gasteiger partial charge in [-0.2, -0.15) is 0 Å². The molecule has 0 aromatic rings. The second-order valence-corrected chi connectivity index (χ2v) is 17.8. The predicted molar refractivity (Wildman–Crippen MR) is 169 cm³/mol. The maximum atomic E-state index is 13.3. The number of fused-ring (bicyclic) bond motifs is 7. The smallest absolute Gasteiger partial charge is 0.312 e. The summed E-state index contributed by atoms with van der Waals surface area (Å²) >= 11 is 0. The van der Waals surface area contributed by atoms with Gasteiger partial charge in [-0.05, 0) is 104 Å². The maximum Gasteiger partial charge on any atom is 0.312 e. The highest BCUT2D eigenvalue weighted by Gasteiger charge is 2.72. The zero-order valence-electron chi connectivity index (χ0n) is 28.7. The molecule has 1 heterocycles. The molecule has 11 heteroatoms. The third-order valence-electron chi connectivity index (χ3n) is 15.2. The summed E-state index contributed by atoms with van der Waals surface area (Å²) in [5.74, 6) is -2.29. The Morgan fingerprint density at radius 1 is 0.851 bits per heavy atom. The molecule has 0 unspecified atom stereocenters. The van der Waals surface area contributed by atoms with Crippen LogP contribution in [0.25, 0.3) is 0 Å². The van der Waals surface area contributed by atoms with Gasteiger partial charge >= 0.3 is 11.9 Å². The van der Waals surface area contributed by atoms with E-state index in [-0.39, 0.29) is 34.5 Å². The van der Waals surface area contributed by atoms with Crippen molar-refractivity contribution in [3.8, 4) is 0 Å². The monoisotopic (exact) mass is 664 g/mol. The molecule has 47 heavy (non-hydrogen) atoms. The summed E-state index contributed by atoms with van der Waals surface area (Å²) in [5.41, 5.74) is -2.22. The summed E-state index contributed by atoms with van der Waals surface area (Å²) in [7, 11) is 0. The number of rotatable bonds is 5. The van der Waals surface area contributed by atoms with E-state index in [2.05, 4.69) is 40.7 Å². The van der Waals surface area contributed by atoms with Crippen molar-refractivity contribution in [1.29, 1.82) is 0 Å². The van der Waals surface area contributed by atoms with Gasteiger partial charge in [0.2, 0.25) is 0 Å². The van der Waals surface area contributed by atoms with Crippen LogP contribution in [-0.4, -0.2) is 97.2 Å². The van der Waals surface area contributed by atoms with Gasteiger partial charge in [-0.25, -0.2) is 0 Å². The van der Waals surface area contributed by atoms with Crippen molar-refractivity contribution in [2.24, 2.45) is 50.2 Å². The predicted octanol–water partition coefficient (Wildman–Crippen LogP) is 3.09. The first-order valence-corrected chi connectivity index (χ1v) is 17.5. The van der Waals surface area contributed by atoms with Gasteiger partial charge in [0, 0.05) is 0 Å². The second-order valence-electron chi connectivity index (χ2n) is 17.8. The van der Waals surface area contributed by atoms with E-state index in [1.165, 1.54) is 5.57 Å². The van der Waals surface area contributed by atoms with E-state index in [1.54, 1.807) is 6.92 Å². The van der Waals surface area contributed by atoms with Crippen LogP contribution in [0.3, 0.4) is 0 Å². The van der Waals surface area contributed by atoms with Gasteiger partial charge in [0.1, 0.15) is 30.5 Å². The number of ether oxygens (including phenoxy) is 2. The van der Waals surface area contributed by atoms with Crippen LogP contribution in [0, 0.1) is 50.2 Å². The first-order chi connectivity index (χ1) is 21.7. The van der Waals surface area contributed by atoms with E-state index in [0.29, 0.717) is 25.7 Å². The van der Waals surface area contributed by atoms with Gasteiger partial charge in [0.15, 0.2) is 6.29 Å². The molecule has 7 N–H and O–H groups in total. The zero-order chi connectivity index (χ0) is 34.7. The van der Waals surface area contributed by atoms with Crippen molar-refractivity contribution < 1.29 is 54.8 Å². The molecule has 0 amide bonds. The Bertz CT molecular complexity index is 1310. The number of allylic oxidation sites excluding steroid dienone is 2. The number of aliphatic hydroxyl groups is 5. The van der Waals surface area contributed by atoms with E-state index >= 15 is 0 Å². The Labute approximate surface area is 277 Å². The number of aliphatic carboxylic acids is 2. The fourth-order valence-electron chi connectivity index (χ4n) is 12.2. The van der Waals surface area contributed by atoms with Gasteiger partial charge in [-0.15, -0.1) is 0 Å². The molecule has 4 saturated carbocycles. The summed E-state index contributed by atoms with van der Waals surface area (Å²) in [6.07, 6.45) is -2.13. The van der Waals surface area contributed by atoms with Gasteiger partial charge < -0.3 is 45.2 Å². The molecule has 6 aliphatic rings. The SMILES string of the molecule is CC1(C)CC[C@]2(C(=O)O)CC[C@]3(C)C(=CC[C@@H]4[C@@]5(C)C[C@H](O)[C@H](O[C@@H]6O[C@H](CO)[C@@H](O)[C@H](O)[C@H]6O)[C@@](C)(C(=O)O)[C@@H]5CC[C@]43C)[C@H]2C1. The Morgan fingerprint density at radius 3 is 2.13 bits per heavy atom.